The first-order chi connectivity index (χ1) is 7.65. The SMILES string of the molecule is CCCC(CS)(CCC)CN(C)CC1CC1. The fourth-order valence-electron chi connectivity index (χ4n) is 2.93. The monoisotopic (exact) mass is 243 g/mol. The van der Waals surface area contributed by atoms with Crippen LogP contribution in [0.4, 0.5) is 0 Å². The Balaban J connectivity index is 2.44. The van der Waals surface area contributed by atoms with E-state index >= 15 is 0 Å². The summed E-state index contributed by atoms with van der Waals surface area (Å²) in [5.74, 6) is 2.05. The molecule has 96 valence electrons. The Morgan fingerprint density at radius 2 is 1.75 bits per heavy atom. The lowest BCUT2D eigenvalue weighted by Crippen LogP contribution is -2.38. The van der Waals surface area contributed by atoms with Crippen LogP contribution < -0.4 is 0 Å². The molecule has 2 heteroatoms. The molecule has 0 unspecified atom stereocenters. The first-order valence-electron chi connectivity index (χ1n) is 6.95. The largest absolute Gasteiger partial charge is 0.306 e. The molecule has 0 spiro atoms. The highest BCUT2D eigenvalue weighted by atomic mass is 32.1. The van der Waals surface area contributed by atoms with Gasteiger partial charge in [-0.25, -0.2) is 0 Å². The normalized spacial score (nSPS) is 17.1. The van der Waals surface area contributed by atoms with Crippen LogP contribution in [0, 0.1) is 11.3 Å². The molecular formula is C14H29NS. The third kappa shape index (κ3) is 4.67. The van der Waals surface area contributed by atoms with E-state index in [0.717, 1.165) is 11.7 Å². The van der Waals surface area contributed by atoms with Gasteiger partial charge in [-0.1, -0.05) is 26.7 Å². The van der Waals surface area contributed by atoms with E-state index in [-0.39, 0.29) is 0 Å². The lowest BCUT2D eigenvalue weighted by atomic mass is 9.80. The number of nitrogens with zero attached hydrogens (tertiary/aromatic N) is 1. The first-order valence-corrected chi connectivity index (χ1v) is 7.58. The predicted octanol–water partition coefficient (Wildman–Crippen LogP) is 3.84. The van der Waals surface area contributed by atoms with Crippen molar-refractivity contribution in [2.24, 2.45) is 11.3 Å². The van der Waals surface area contributed by atoms with Gasteiger partial charge >= 0.3 is 0 Å². The minimum Gasteiger partial charge on any atom is -0.306 e. The topological polar surface area (TPSA) is 3.24 Å². The van der Waals surface area contributed by atoms with Gasteiger partial charge in [-0.2, -0.15) is 12.6 Å². The number of rotatable bonds is 9. The van der Waals surface area contributed by atoms with Crippen LogP contribution in [0.3, 0.4) is 0 Å². The van der Waals surface area contributed by atoms with E-state index in [4.69, 9.17) is 0 Å². The quantitative estimate of drug-likeness (QED) is 0.602. The van der Waals surface area contributed by atoms with E-state index < -0.39 is 0 Å². The van der Waals surface area contributed by atoms with E-state index in [2.05, 4.69) is 38.4 Å². The highest BCUT2D eigenvalue weighted by Gasteiger charge is 2.30. The molecule has 0 radical (unpaired) electrons. The lowest BCUT2D eigenvalue weighted by Gasteiger charge is -2.36. The first kappa shape index (κ1) is 14.4. The van der Waals surface area contributed by atoms with Crippen LogP contribution in [0.25, 0.3) is 0 Å². The van der Waals surface area contributed by atoms with Gasteiger partial charge in [-0.05, 0) is 49.8 Å². The zero-order valence-corrected chi connectivity index (χ0v) is 12.2. The molecule has 1 saturated carbocycles. The summed E-state index contributed by atoms with van der Waals surface area (Å²) < 4.78 is 0. The van der Waals surface area contributed by atoms with Gasteiger partial charge in [0, 0.05) is 13.1 Å². The van der Waals surface area contributed by atoms with Gasteiger partial charge in [-0.3, -0.25) is 0 Å². The van der Waals surface area contributed by atoms with E-state index in [0.29, 0.717) is 5.41 Å². The van der Waals surface area contributed by atoms with E-state index in [1.165, 1.54) is 51.6 Å². The van der Waals surface area contributed by atoms with Gasteiger partial charge in [0.2, 0.25) is 0 Å². The standard InChI is InChI=1S/C14H29NS/c1-4-8-14(12-16,9-5-2)11-15(3)10-13-6-7-13/h13,16H,4-12H2,1-3H3. The predicted molar refractivity (Wildman–Crippen MR) is 76.3 cm³/mol. The third-order valence-electron chi connectivity index (χ3n) is 3.77. The smallest absolute Gasteiger partial charge is 0.00429 e. The summed E-state index contributed by atoms with van der Waals surface area (Å²) in [6.07, 6.45) is 8.16. The molecule has 0 aromatic rings. The minimum atomic E-state index is 0.469. The number of thiol groups is 1. The highest BCUT2D eigenvalue weighted by molar-refractivity contribution is 7.80. The van der Waals surface area contributed by atoms with Gasteiger partial charge in [0.1, 0.15) is 0 Å². The summed E-state index contributed by atoms with van der Waals surface area (Å²) in [4.78, 5) is 2.55. The Bertz CT molecular complexity index is 183. The molecule has 1 aliphatic carbocycles. The van der Waals surface area contributed by atoms with Gasteiger partial charge in [0.05, 0.1) is 0 Å². The van der Waals surface area contributed by atoms with Crippen LogP contribution in [-0.4, -0.2) is 30.8 Å². The van der Waals surface area contributed by atoms with Crippen molar-refractivity contribution in [1.29, 1.82) is 0 Å². The van der Waals surface area contributed by atoms with Crippen LogP contribution >= 0.6 is 12.6 Å². The molecule has 16 heavy (non-hydrogen) atoms. The molecule has 1 nitrogen and oxygen atoms in total. The molecule has 0 heterocycles. The molecular weight excluding hydrogens is 214 g/mol. The summed E-state index contributed by atoms with van der Waals surface area (Å²) in [5.41, 5.74) is 0.469. The molecule has 1 fully saturated rings. The van der Waals surface area contributed by atoms with Crippen molar-refractivity contribution >= 4 is 12.6 Å². The molecule has 1 rings (SSSR count). The summed E-state index contributed by atoms with van der Waals surface area (Å²) in [7, 11) is 2.29. The molecule has 0 aromatic carbocycles. The summed E-state index contributed by atoms with van der Waals surface area (Å²) >= 11 is 4.62. The van der Waals surface area contributed by atoms with Crippen molar-refractivity contribution in [3.05, 3.63) is 0 Å². The zero-order chi connectivity index (χ0) is 12.0. The van der Waals surface area contributed by atoms with E-state index in [9.17, 15) is 0 Å². The molecule has 0 aliphatic heterocycles. The zero-order valence-electron chi connectivity index (χ0n) is 11.3. The van der Waals surface area contributed by atoms with Crippen molar-refractivity contribution < 1.29 is 0 Å². The van der Waals surface area contributed by atoms with E-state index in [1.54, 1.807) is 0 Å². The van der Waals surface area contributed by atoms with Crippen LogP contribution in [-0.2, 0) is 0 Å². The van der Waals surface area contributed by atoms with Crippen LogP contribution in [0.5, 0.6) is 0 Å². The van der Waals surface area contributed by atoms with Gasteiger partial charge in [0.25, 0.3) is 0 Å². The minimum absolute atomic E-state index is 0.469. The molecule has 0 N–H and O–H groups in total. The van der Waals surface area contributed by atoms with Gasteiger partial charge in [0.15, 0.2) is 0 Å². The Hall–Kier alpha value is 0.310. The summed E-state index contributed by atoms with van der Waals surface area (Å²) in [6, 6.07) is 0. The lowest BCUT2D eigenvalue weighted by molar-refractivity contribution is 0.166. The summed E-state index contributed by atoms with van der Waals surface area (Å²) in [6.45, 7) is 7.15. The number of hydrogen-bond acceptors (Lipinski definition) is 2. The molecule has 1 aliphatic rings. The maximum atomic E-state index is 4.62. The average Bonchev–Trinajstić information content (AvgIpc) is 3.02. The molecule has 0 amide bonds. The maximum absolute atomic E-state index is 4.62. The van der Waals surface area contributed by atoms with Crippen molar-refractivity contribution in [3.8, 4) is 0 Å². The second kappa shape index (κ2) is 6.90. The van der Waals surface area contributed by atoms with Crippen LogP contribution in [0.1, 0.15) is 52.4 Å². The van der Waals surface area contributed by atoms with Crippen molar-refractivity contribution in [3.63, 3.8) is 0 Å². The van der Waals surface area contributed by atoms with Crippen LogP contribution in [0.2, 0.25) is 0 Å². The summed E-state index contributed by atoms with van der Waals surface area (Å²) in [5, 5.41) is 0. The molecule has 0 atom stereocenters. The highest BCUT2D eigenvalue weighted by Crippen LogP contribution is 2.34. The maximum Gasteiger partial charge on any atom is 0.00429 e. The second-order valence-electron chi connectivity index (χ2n) is 5.80. The molecule has 0 bridgehead atoms. The Morgan fingerprint density at radius 1 is 1.19 bits per heavy atom. The third-order valence-corrected chi connectivity index (χ3v) is 4.44. The fourth-order valence-corrected chi connectivity index (χ4v) is 3.35. The Labute approximate surface area is 107 Å². The fraction of sp³-hybridized carbons (Fsp3) is 1.00. The van der Waals surface area contributed by atoms with E-state index in [1.807, 2.05) is 0 Å². The Morgan fingerprint density at radius 3 is 2.12 bits per heavy atom. The second-order valence-corrected chi connectivity index (χ2v) is 6.11. The molecule has 0 saturated heterocycles. The van der Waals surface area contributed by atoms with Crippen molar-refractivity contribution in [2.45, 2.75) is 52.4 Å². The average molecular weight is 243 g/mol. The molecule has 0 aromatic heterocycles. The van der Waals surface area contributed by atoms with Crippen molar-refractivity contribution in [1.82, 2.24) is 4.90 Å². The van der Waals surface area contributed by atoms with Crippen molar-refractivity contribution in [2.75, 3.05) is 25.9 Å². The van der Waals surface area contributed by atoms with Gasteiger partial charge < -0.3 is 4.90 Å². The van der Waals surface area contributed by atoms with Crippen LogP contribution in [0.15, 0.2) is 0 Å². The number of hydrogen-bond donors (Lipinski definition) is 1. The van der Waals surface area contributed by atoms with Gasteiger partial charge in [-0.15, -0.1) is 0 Å². The Kier molecular flexibility index (Phi) is 6.20.